The van der Waals surface area contributed by atoms with E-state index < -0.39 is 0 Å². The van der Waals surface area contributed by atoms with Gasteiger partial charge in [0.05, 0.1) is 0 Å². The lowest BCUT2D eigenvalue weighted by atomic mass is 9.99. The summed E-state index contributed by atoms with van der Waals surface area (Å²) in [5, 5.41) is 3.50. The zero-order valence-electron chi connectivity index (χ0n) is 9.43. The maximum atomic E-state index is 13.1. The molecule has 1 aromatic carbocycles. The first-order valence-corrected chi connectivity index (χ1v) is 5.55. The number of rotatable bonds is 1. The molecule has 96 valence electrons. The number of nitrogens with one attached hydrogen (secondary N) is 1. The van der Waals surface area contributed by atoms with Crippen molar-refractivity contribution in [3.63, 3.8) is 0 Å². The molecule has 0 radical (unpaired) electrons. The van der Waals surface area contributed by atoms with E-state index in [2.05, 4.69) is 10.2 Å². The third-order valence-electron chi connectivity index (χ3n) is 3.41. The molecule has 0 aliphatic carbocycles. The fourth-order valence-electron chi connectivity index (χ4n) is 2.72. The highest BCUT2D eigenvalue weighted by Gasteiger charge is 2.32. The fraction of sp³-hybridized carbons (Fsp3) is 0.500. The van der Waals surface area contributed by atoms with Crippen molar-refractivity contribution in [3.8, 4) is 0 Å². The van der Waals surface area contributed by atoms with Crippen LogP contribution in [-0.4, -0.2) is 25.7 Å². The van der Waals surface area contributed by atoms with E-state index in [4.69, 9.17) is 0 Å². The number of fused-ring (bicyclic) bond motifs is 2. The van der Waals surface area contributed by atoms with Crippen LogP contribution in [0.15, 0.2) is 24.3 Å². The first-order valence-electron chi connectivity index (χ1n) is 5.55. The Balaban J connectivity index is 0.000000722. The predicted molar refractivity (Wildman–Crippen MR) is 73.0 cm³/mol. The van der Waals surface area contributed by atoms with Crippen molar-refractivity contribution in [2.24, 2.45) is 5.92 Å². The van der Waals surface area contributed by atoms with Crippen molar-refractivity contribution in [1.29, 1.82) is 0 Å². The van der Waals surface area contributed by atoms with E-state index in [-0.39, 0.29) is 30.6 Å². The van der Waals surface area contributed by atoms with Gasteiger partial charge in [-0.05, 0) is 30.5 Å². The number of benzene rings is 1. The molecule has 0 saturated carbocycles. The summed E-state index contributed by atoms with van der Waals surface area (Å²) >= 11 is 0. The highest BCUT2D eigenvalue weighted by Crippen LogP contribution is 2.26. The van der Waals surface area contributed by atoms with Crippen LogP contribution in [-0.2, 0) is 0 Å². The molecule has 1 N–H and O–H groups in total. The van der Waals surface area contributed by atoms with Crippen molar-refractivity contribution >= 4 is 30.5 Å². The standard InChI is InChI=1S/C12H15FN2.2ClH/c13-10-2-1-3-12(5-10)15-7-9-4-11(8-15)14-6-9;;/h1-3,5,9,11,14H,4,6-8H2;2*1H. The topological polar surface area (TPSA) is 15.3 Å². The van der Waals surface area contributed by atoms with Crippen LogP contribution in [0.3, 0.4) is 0 Å². The molecule has 2 atom stereocenters. The smallest absolute Gasteiger partial charge is 0.125 e. The van der Waals surface area contributed by atoms with Crippen molar-refractivity contribution < 1.29 is 4.39 Å². The molecule has 0 spiro atoms. The molecule has 2 fully saturated rings. The van der Waals surface area contributed by atoms with Gasteiger partial charge in [-0.3, -0.25) is 0 Å². The number of nitrogens with zero attached hydrogens (tertiary/aromatic N) is 1. The summed E-state index contributed by atoms with van der Waals surface area (Å²) in [5.41, 5.74) is 1.02. The molecule has 2 aliphatic heterocycles. The monoisotopic (exact) mass is 278 g/mol. The average Bonchev–Trinajstić information content (AvgIpc) is 2.58. The minimum Gasteiger partial charge on any atom is -0.370 e. The zero-order valence-corrected chi connectivity index (χ0v) is 11.1. The Morgan fingerprint density at radius 2 is 2.06 bits per heavy atom. The van der Waals surface area contributed by atoms with Gasteiger partial charge in [-0.25, -0.2) is 4.39 Å². The molecule has 2 saturated heterocycles. The van der Waals surface area contributed by atoms with E-state index in [1.165, 1.54) is 12.5 Å². The molecular weight excluding hydrogens is 262 g/mol. The Hall–Kier alpha value is -0.510. The molecule has 2 bridgehead atoms. The second-order valence-corrected chi connectivity index (χ2v) is 4.59. The van der Waals surface area contributed by atoms with Crippen molar-refractivity contribution in [3.05, 3.63) is 30.1 Å². The molecule has 2 nitrogen and oxygen atoms in total. The zero-order chi connectivity index (χ0) is 10.3. The minimum absolute atomic E-state index is 0. The van der Waals surface area contributed by atoms with Gasteiger partial charge in [0.15, 0.2) is 0 Å². The van der Waals surface area contributed by atoms with Gasteiger partial charge < -0.3 is 10.2 Å². The summed E-state index contributed by atoms with van der Waals surface area (Å²) in [6.45, 7) is 3.20. The molecule has 2 aliphatic rings. The normalized spacial score (nSPS) is 26.1. The van der Waals surface area contributed by atoms with Crippen molar-refractivity contribution in [2.45, 2.75) is 12.5 Å². The van der Waals surface area contributed by atoms with Crippen LogP contribution in [0.5, 0.6) is 0 Å². The maximum absolute atomic E-state index is 13.1. The Morgan fingerprint density at radius 3 is 2.76 bits per heavy atom. The highest BCUT2D eigenvalue weighted by atomic mass is 35.5. The van der Waals surface area contributed by atoms with Crippen molar-refractivity contribution in [2.75, 3.05) is 24.5 Å². The number of halogens is 3. The lowest BCUT2D eigenvalue weighted by Crippen LogP contribution is -2.41. The van der Waals surface area contributed by atoms with E-state index in [0.717, 1.165) is 31.2 Å². The van der Waals surface area contributed by atoms with Crippen LogP contribution in [0.4, 0.5) is 10.1 Å². The Labute approximate surface area is 113 Å². The van der Waals surface area contributed by atoms with E-state index in [0.29, 0.717) is 6.04 Å². The molecule has 2 unspecified atom stereocenters. The molecule has 0 amide bonds. The number of hydrogen-bond donors (Lipinski definition) is 1. The summed E-state index contributed by atoms with van der Waals surface area (Å²) in [7, 11) is 0. The summed E-state index contributed by atoms with van der Waals surface area (Å²) in [6.07, 6.45) is 1.28. The summed E-state index contributed by atoms with van der Waals surface area (Å²) in [4.78, 5) is 2.29. The Kier molecular flexibility index (Phi) is 5.04. The average molecular weight is 279 g/mol. The van der Waals surface area contributed by atoms with Crippen LogP contribution in [0, 0.1) is 11.7 Å². The first kappa shape index (κ1) is 14.6. The summed E-state index contributed by atoms with van der Waals surface area (Å²) < 4.78 is 13.1. The van der Waals surface area contributed by atoms with Crippen LogP contribution in [0.2, 0.25) is 0 Å². The van der Waals surface area contributed by atoms with Gasteiger partial charge in [-0.15, -0.1) is 24.8 Å². The van der Waals surface area contributed by atoms with Gasteiger partial charge in [0.25, 0.3) is 0 Å². The Morgan fingerprint density at radius 1 is 1.24 bits per heavy atom. The maximum Gasteiger partial charge on any atom is 0.125 e. The molecule has 1 aromatic rings. The van der Waals surface area contributed by atoms with Gasteiger partial charge in [0.1, 0.15) is 5.82 Å². The highest BCUT2D eigenvalue weighted by molar-refractivity contribution is 5.85. The van der Waals surface area contributed by atoms with Gasteiger partial charge in [0.2, 0.25) is 0 Å². The van der Waals surface area contributed by atoms with E-state index in [1.54, 1.807) is 12.1 Å². The van der Waals surface area contributed by atoms with Crippen LogP contribution < -0.4 is 10.2 Å². The van der Waals surface area contributed by atoms with Gasteiger partial charge in [0, 0.05) is 31.4 Å². The molecular formula is C12H17Cl2FN2. The quantitative estimate of drug-likeness (QED) is 0.849. The fourth-order valence-corrected chi connectivity index (χ4v) is 2.72. The molecule has 5 heteroatoms. The number of hydrogen-bond acceptors (Lipinski definition) is 2. The molecule has 3 rings (SSSR count). The largest absolute Gasteiger partial charge is 0.370 e. The van der Waals surface area contributed by atoms with Gasteiger partial charge in [-0.2, -0.15) is 0 Å². The first-order chi connectivity index (χ1) is 7.31. The molecule has 0 aromatic heterocycles. The minimum atomic E-state index is -0.140. The molecule has 2 heterocycles. The third-order valence-corrected chi connectivity index (χ3v) is 3.41. The van der Waals surface area contributed by atoms with E-state index >= 15 is 0 Å². The van der Waals surface area contributed by atoms with Crippen LogP contribution in [0.25, 0.3) is 0 Å². The second-order valence-electron chi connectivity index (χ2n) is 4.59. The SMILES string of the molecule is Cl.Cl.Fc1cccc(N2CC3CNC(C3)C2)c1. The van der Waals surface area contributed by atoms with E-state index in [9.17, 15) is 4.39 Å². The second kappa shape index (κ2) is 5.89. The van der Waals surface area contributed by atoms with E-state index in [1.807, 2.05) is 6.07 Å². The van der Waals surface area contributed by atoms with Gasteiger partial charge >= 0.3 is 0 Å². The van der Waals surface area contributed by atoms with Crippen LogP contribution >= 0.6 is 24.8 Å². The van der Waals surface area contributed by atoms with Crippen molar-refractivity contribution in [1.82, 2.24) is 5.32 Å². The third kappa shape index (κ3) is 3.03. The number of piperidine rings is 1. The van der Waals surface area contributed by atoms with Crippen LogP contribution in [0.1, 0.15) is 6.42 Å². The lowest BCUT2D eigenvalue weighted by molar-refractivity contribution is 0.474. The van der Waals surface area contributed by atoms with Gasteiger partial charge in [-0.1, -0.05) is 6.07 Å². The number of anilines is 1. The predicted octanol–water partition coefficient (Wildman–Crippen LogP) is 2.47. The summed E-state index contributed by atoms with van der Waals surface area (Å²) in [5.74, 6) is 0.602. The molecule has 17 heavy (non-hydrogen) atoms. The summed E-state index contributed by atoms with van der Waals surface area (Å²) in [6, 6.07) is 7.51. The Bertz CT molecular complexity index is 363. The lowest BCUT2D eigenvalue weighted by Gasteiger charge is -2.32.